The summed E-state index contributed by atoms with van der Waals surface area (Å²) in [4.78, 5) is 23.7. The Kier molecular flexibility index (Phi) is 6.54. The lowest BCUT2D eigenvalue weighted by Crippen LogP contribution is -2.53. The van der Waals surface area contributed by atoms with Crippen molar-refractivity contribution in [3.63, 3.8) is 0 Å². The van der Waals surface area contributed by atoms with Crippen molar-refractivity contribution in [3.8, 4) is 5.75 Å². The Morgan fingerprint density at radius 3 is 2.46 bits per heavy atom. The Bertz CT molecular complexity index is 753. The monoisotopic (exact) mass is 361 g/mol. The van der Waals surface area contributed by atoms with Crippen molar-refractivity contribution in [2.24, 2.45) is 0 Å². The van der Waals surface area contributed by atoms with Gasteiger partial charge >= 0.3 is 12.1 Å². The van der Waals surface area contributed by atoms with Gasteiger partial charge in [-0.3, -0.25) is 0 Å². The van der Waals surface area contributed by atoms with E-state index in [4.69, 9.17) is 9.47 Å². The molecule has 2 aromatic carbocycles. The van der Waals surface area contributed by atoms with Crippen LogP contribution in [-0.4, -0.2) is 29.6 Å². The third kappa shape index (κ3) is 5.47. The largest absolute Gasteiger partial charge is 0.480 e. The van der Waals surface area contributed by atoms with Crippen molar-refractivity contribution in [1.82, 2.24) is 5.32 Å². The molecule has 0 aliphatic rings. The summed E-state index contributed by atoms with van der Waals surface area (Å²) in [6, 6.07) is 15.4. The molecule has 0 unspecified atom stereocenters. The molecule has 0 spiro atoms. The van der Waals surface area contributed by atoms with Gasteiger partial charge in [-0.05, 0) is 30.2 Å². The Labute approximate surface area is 150 Å². The van der Waals surface area contributed by atoms with Gasteiger partial charge in [0.25, 0.3) is 0 Å². The van der Waals surface area contributed by atoms with Gasteiger partial charge in [-0.15, -0.1) is 0 Å². The predicted molar refractivity (Wildman–Crippen MR) is 92.6 cm³/mol. The number of alkyl halides is 1. The third-order valence-electron chi connectivity index (χ3n) is 3.74. The van der Waals surface area contributed by atoms with E-state index in [9.17, 15) is 19.1 Å². The third-order valence-corrected chi connectivity index (χ3v) is 3.74. The predicted octanol–water partition coefficient (Wildman–Crippen LogP) is 3.30. The van der Waals surface area contributed by atoms with Gasteiger partial charge in [-0.1, -0.05) is 42.5 Å². The quantitative estimate of drug-likeness (QED) is 0.754. The van der Waals surface area contributed by atoms with E-state index in [0.29, 0.717) is 5.56 Å². The Balaban J connectivity index is 2.02. The van der Waals surface area contributed by atoms with Gasteiger partial charge in [0.15, 0.2) is 0 Å². The lowest BCUT2D eigenvalue weighted by molar-refractivity contribution is -0.143. The molecule has 0 saturated heterocycles. The Hall–Kier alpha value is -3.09. The van der Waals surface area contributed by atoms with Gasteiger partial charge in [-0.25, -0.2) is 14.0 Å². The zero-order valence-corrected chi connectivity index (χ0v) is 14.3. The highest BCUT2D eigenvalue weighted by Gasteiger charge is 2.35. The highest BCUT2D eigenvalue weighted by atomic mass is 19.1. The first kappa shape index (κ1) is 19.2. The molecule has 26 heavy (non-hydrogen) atoms. The highest BCUT2D eigenvalue weighted by molar-refractivity contribution is 5.84. The van der Waals surface area contributed by atoms with E-state index >= 15 is 0 Å². The van der Waals surface area contributed by atoms with Crippen LogP contribution in [0.2, 0.25) is 0 Å². The molecule has 2 rings (SSSR count). The molecule has 138 valence electrons. The van der Waals surface area contributed by atoms with Crippen LogP contribution < -0.4 is 10.1 Å². The molecular formula is C19H20FNO5. The second-order valence-electron chi connectivity index (χ2n) is 5.90. The van der Waals surface area contributed by atoms with Crippen molar-refractivity contribution in [3.05, 3.63) is 65.7 Å². The number of halogens is 1. The summed E-state index contributed by atoms with van der Waals surface area (Å²) in [5.41, 5.74) is -0.234. The molecule has 0 aliphatic heterocycles. The normalized spacial score (nSPS) is 12.7. The second-order valence-corrected chi connectivity index (χ2v) is 5.90. The Morgan fingerprint density at radius 1 is 1.12 bits per heavy atom. The standard InChI is InChI=1S/C19H20FNO5/c1-19(17(22)23,11-15-8-5-9-16(10-15)26-13-20)21-18(24)25-12-14-6-3-2-4-7-14/h2-10H,11-13H2,1H3,(H,21,24)(H,22,23)/t19-/m0/s1. The average molecular weight is 361 g/mol. The fraction of sp³-hybridized carbons (Fsp3) is 0.263. The summed E-state index contributed by atoms with van der Waals surface area (Å²) >= 11 is 0. The van der Waals surface area contributed by atoms with E-state index in [2.05, 4.69) is 5.32 Å². The molecule has 0 aliphatic carbocycles. The van der Waals surface area contributed by atoms with Crippen LogP contribution in [0, 0.1) is 0 Å². The Morgan fingerprint density at radius 2 is 1.81 bits per heavy atom. The van der Waals surface area contributed by atoms with Crippen LogP contribution in [0.5, 0.6) is 5.75 Å². The van der Waals surface area contributed by atoms with Gasteiger partial charge in [0.1, 0.15) is 17.9 Å². The zero-order chi connectivity index (χ0) is 19.0. The first-order chi connectivity index (χ1) is 12.4. The lowest BCUT2D eigenvalue weighted by atomic mass is 9.93. The maximum absolute atomic E-state index is 12.3. The van der Waals surface area contributed by atoms with Crippen LogP contribution in [0.25, 0.3) is 0 Å². The van der Waals surface area contributed by atoms with E-state index in [-0.39, 0.29) is 18.8 Å². The molecule has 1 atom stereocenters. The van der Waals surface area contributed by atoms with Gasteiger partial charge in [-0.2, -0.15) is 0 Å². The fourth-order valence-electron chi connectivity index (χ4n) is 2.37. The van der Waals surface area contributed by atoms with Gasteiger partial charge < -0.3 is 19.9 Å². The van der Waals surface area contributed by atoms with Crippen LogP contribution in [0.1, 0.15) is 18.1 Å². The minimum Gasteiger partial charge on any atom is -0.480 e. The topological polar surface area (TPSA) is 84.9 Å². The number of carboxylic acid groups (broad SMARTS) is 1. The van der Waals surface area contributed by atoms with Crippen molar-refractivity contribution in [2.45, 2.75) is 25.5 Å². The number of aliphatic carboxylic acids is 1. The number of carbonyl (C=O) groups excluding carboxylic acids is 1. The molecule has 0 aromatic heterocycles. The fourth-order valence-corrected chi connectivity index (χ4v) is 2.37. The van der Waals surface area contributed by atoms with Crippen molar-refractivity contribution in [2.75, 3.05) is 6.86 Å². The van der Waals surface area contributed by atoms with Gasteiger partial charge in [0.2, 0.25) is 6.86 Å². The molecule has 0 fully saturated rings. The summed E-state index contributed by atoms with van der Waals surface area (Å²) in [6.45, 7) is 0.424. The number of ether oxygens (including phenoxy) is 2. The number of hydrogen-bond donors (Lipinski definition) is 2. The second kappa shape index (κ2) is 8.84. The smallest absolute Gasteiger partial charge is 0.408 e. The van der Waals surface area contributed by atoms with Crippen LogP contribution >= 0.6 is 0 Å². The number of nitrogens with one attached hydrogen (secondary N) is 1. The van der Waals surface area contributed by atoms with E-state index in [1.54, 1.807) is 30.3 Å². The van der Waals surface area contributed by atoms with Crippen molar-refractivity contribution in [1.29, 1.82) is 0 Å². The summed E-state index contributed by atoms with van der Waals surface area (Å²) < 4.78 is 22.1. The highest BCUT2D eigenvalue weighted by Crippen LogP contribution is 2.19. The molecule has 6 nitrogen and oxygen atoms in total. The molecule has 2 N–H and O–H groups in total. The number of alkyl carbamates (subject to hydrolysis) is 1. The number of amides is 1. The maximum atomic E-state index is 12.3. The summed E-state index contributed by atoms with van der Waals surface area (Å²) in [7, 11) is 0. The number of hydrogen-bond acceptors (Lipinski definition) is 4. The van der Waals surface area contributed by atoms with E-state index in [1.165, 1.54) is 13.0 Å². The number of rotatable bonds is 8. The molecule has 2 aromatic rings. The summed E-state index contributed by atoms with van der Waals surface area (Å²) in [5, 5.41) is 11.9. The number of carboxylic acids is 1. The molecule has 1 amide bonds. The van der Waals surface area contributed by atoms with Crippen LogP contribution in [0.3, 0.4) is 0 Å². The van der Waals surface area contributed by atoms with Crippen LogP contribution in [0.15, 0.2) is 54.6 Å². The maximum Gasteiger partial charge on any atom is 0.408 e. The molecule has 0 bridgehead atoms. The summed E-state index contributed by atoms with van der Waals surface area (Å²) in [5.74, 6) is -0.935. The van der Waals surface area contributed by atoms with E-state index < -0.39 is 24.5 Å². The molecule has 7 heteroatoms. The van der Waals surface area contributed by atoms with Crippen molar-refractivity contribution < 1.29 is 28.6 Å². The van der Waals surface area contributed by atoms with Gasteiger partial charge in [0, 0.05) is 6.42 Å². The first-order valence-corrected chi connectivity index (χ1v) is 7.93. The van der Waals surface area contributed by atoms with Crippen molar-refractivity contribution >= 4 is 12.1 Å². The SMILES string of the molecule is C[C@@](Cc1cccc(OCF)c1)(NC(=O)OCc1ccccc1)C(=O)O. The van der Waals surface area contributed by atoms with E-state index in [1.807, 2.05) is 18.2 Å². The molecule has 0 heterocycles. The average Bonchev–Trinajstić information content (AvgIpc) is 2.61. The van der Waals surface area contributed by atoms with Gasteiger partial charge in [0.05, 0.1) is 0 Å². The zero-order valence-electron chi connectivity index (χ0n) is 14.3. The molecular weight excluding hydrogens is 341 g/mol. The van der Waals surface area contributed by atoms with Crippen LogP contribution in [-0.2, 0) is 22.6 Å². The first-order valence-electron chi connectivity index (χ1n) is 7.93. The van der Waals surface area contributed by atoms with Crippen LogP contribution in [0.4, 0.5) is 9.18 Å². The molecule has 0 saturated carbocycles. The van der Waals surface area contributed by atoms with E-state index in [0.717, 1.165) is 5.56 Å². The lowest BCUT2D eigenvalue weighted by Gasteiger charge is -2.26. The number of carbonyl (C=O) groups is 2. The summed E-state index contributed by atoms with van der Waals surface area (Å²) in [6.07, 6.45) is -0.860. The minimum absolute atomic E-state index is 0.0216. The number of benzene rings is 2. The minimum atomic E-state index is -1.60. The molecule has 0 radical (unpaired) electrons.